The third kappa shape index (κ3) is 2.75. The van der Waals surface area contributed by atoms with Gasteiger partial charge in [0.2, 0.25) is 0 Å². The van der Waals surface area contributed by atoms with Gasteiger partial charge in [-0.2, -0.15) is 0 Å². The standard InChI is InChI=1S/C17H19N5OS/c1-11-4-3-5-22(11)13-6-12(7-14(8-13)23-2)21-16-15-17(19-9-18-16)24-10-20-15/h6-11H,3-5H2,1-2H3,(H,18,19,21). The van der Waals surface area contributed by atoms with E-state index in [9.17, 15) is 0 Å². The molecular formula is C17H19N5OS. The van der Waals surface area contributed by atoms with E-state index in [1.54, 1.807) is 18.9 Å². The van der Waals surface area contributed by atoms with Gasteiger partial charge in [0, 0.05) is 36.1 Å². The first kappa shape index (κ1) is 15.1. The SMILES string of the molecule is COc1cc(Nc2ncnc3scnc23)cc(N2CCCC2C)c1. The molecule has 4 rings (SSSR count). The molecule has 0 aliphatic carbocycles. The highest BCUT2D eigenvalue weighted by Gasteiger charge is 2.21. The number of nitrogens with one attached hydrogen (secondary N) is 1. The van der Waals surface area contributed by atoms with Crippen molar-refractivity contribution in [2.45, 2.75) is 25.8 Å². The summed E-state index contributed by atoms with van der Waals surface area (Å²) in [4.78, 5) is 16.2. The van der Waals surface area contributed by atoms with E-state index in [0.29, 0.717) is 6.04 Å². The fraction of sp³-hybridized carbons (Fsp3) is 0.353. The van der Waals surface area contributed by atoms with E-state index in [-0.39, 0.29) is 0 Å². The lowest BCUT2D eigenvalue weighted by molar-refractivity contribution is 0.415. The summed E-state index contributed by atoms with van der Waals surface area (Å²) >= 11 is 1.51. The van der Waals surface area contributed by atoms with Gasteiger partial charge in [-0.3, -0.25) is 0 Å². The lowest BCUT2D eigenvalue weighted by Gasteiger charge is -2.25. The van der Waals surface area contributed by atoms with Crippen LogP contribution in [0.25, 0.3) is 10.3 Å². The number of anilines is 3. The van der Waals surface area contributed by atoms with E-state index in [1.807, 2.05) is 6.07 Å². The highest BCUT2D eigenvalue weighted by Crippen LogP contribution is 2.33. The monoisotopic (exact) mass is 341 g/mol. The Bertz CT molecular complexity index is 865. The summed E-state index contributed by atoms with van der Waals surface area (Å²) in [5, 5.41) is 3.37. The minimum Gasteiger partial charge on any atom is -0.497 e. The largest absolute Gasteiger partial charge is 0.497 e. The van der Waals surface area contributed by atoms with Gasteiger partial charge in [0.05, 0.1) is 12.6 Å². The van der Waals surface area contributed by atoms with Crippen molar-refractivity contribution in [1.29, 1.82) is 0 Å². The molecule has 1 fully saturated rings. The van der Waals surface area contributed by atoms with Crippen LogP contribution in [0, 0.1) is 0 Å². The minimum absolute atomic E-state index is 0.550. The average molecular weight is 341 g/mol. The van der Waals surface area contributed by atoms with Gasteiger partial charge in [-0.15, -0.1) is 11.3 Å². The Labute approximate surface area is 144 Å². The van der Waals surface area contributed by atoms with Gasteiger partial charge in [0.25, 0.3) is 0 Å². The van der Waals surface area contributed by atoms with E-state index in [0.717, 1.165) is 34.1 Å². The quantitative estimate of drug-likeness (QED) is 0.778. The van der Waals surface area contributed by atoms with E-state index in [1.165, 1.54) is 29.9 Å². The van der Waals surface area contributed by atoms with Crippen molar-refractivity contribution in [2.24, 2.45) is 0 Å². The normalized spacial score (nSPS) is 17.4. The van der Waals surface area contributed by atoms with Crippen molar-refractivity contribution >= 4 is 38.9 Å². The van der Waals surface area contributed by atoms with Crippen LogP contribution in [0.3, 0.4) is 0 Å². The topological polar surface area (TPSA) is 63.2 Å². The van der Waals surface area contributed by atoms with E-state index >= 15 is 0 Å². The molecular weight excluding hydrogens is 322 g/mol. The molecule has 0 radical (unpaired) electrons. The number of nitrogens with zero attached hydrogens (tertiary/aromatic N) is 4. The number of hydrogen-bond acceptors (Lipinski definition) is 7. The molecule has 1 aromatic carbocycles. The molecule has 24 heavy (non-hydrogen) atoms. The summed E-state index contributed by atoms with van der Waals surface area (Å²) in [5.41, 5.74) is 4.69. The molecule has 7 heteroatoms. The fourth-order valence-electron chi connectivity index (χ4n) is 3.18. The van der Waals surface area contributed by atoms with Gasteiger partial charge in [0.1, 0.15) is 22.4 Å². The number of thiazole rings is 1. The number of methoxy groups -OCH3 is 1. The maximum atomic E-state index is 5.49. The van der Waals surface area contributed by atoms with Gasteiger partial charge in [-0.1, -0.05) is 0 Å². The first-order valence-electron chi connectivity index (χ1n) is 8.01. The zero-order chi connectivity index (χ0) is 16.5. The molecule has 6 nitrogen and oxygen atoms in total. The molecule has 0 spiro atoms. The maximum absolute atomic E-state index is 5.49. The van der Waals surface area contributed by atoms with Gasteiger partial charge in [-0.05, 0) is 25.8 Å². The van der Waals surface area contributed by atoms with E-state index in [4.69, 9.17) is 4.74 Å². The van der Waals surface area contributed by atoms with Crippen LogP contribution in [-0.2, 0) is 0 Å². The molecule has 1 unspecified atom stereocenters. The molecule has 1 N–H and O–H groups in total. The van der Waals surface area contributed by atoms with Crippen LogP contribution < -0.4 is 15.0 Å². The number of ether oxygens (including phenoxy) is 1. The minimum atomic E-state index is 0.550. The molecule has 1 atom stereocenters. The molecule has 3 heterocycles. The van der Waals surface area contributed by atoms with E-state index < -0.39 is 0 Å². The Kier molecular flexibility index (Phi) is 3.93. The summed E-state index contributed by atoms with van der Waals surface area (Å²) in [7, 11) is 1.69. The molecule has 1 aliphatic rings. The number of aromatic nitrogens is 3. The number of rotatable bonds is 4. The maximum Gasteiger partial charge on any atom is 0.161 e. The molecule has 1 saturated heterocycles. The average Bonchev–Trinajstić information content (AvgIpc) is 3.23. The molecule has 0 bridgehead atoms. The highest BCUT2D eigenvalue weighted by molar-refractivity contribution is 7.16. The Morgan fingerprint density at radius 2 is 2.17 bits per heavy atom. The van der Waals surface area contributed by atoms with Crippen LogP contribution in [0.2, 0.25) is 0 Å². The van der Waals surface area contributed by atoms with Crippen molar-refractivity contribution in [1.82, 2.24) is 15.0 Å². The lowest BCUT2D eigenvalue weighted by atomic mass is 10.2. The van der Waals surface area contributed by atoms with Crippen LogP contribution in [0.5, 0.6) is 5.75 Å². The predicted molar refractivity (Wildman–Crippen MR) is 97.5 cm³/mol. The van der Waals surface area contributed by atoms with Gasteiger partial charge in [-0.25, -0.2) is 15.0 Å². The Morgan fingerprint density at radius 3 is 2.96 bits per heavy atom. The highest BCUT2D eigenvalue weighted by atomic mass is 32.1. The zero-order valence-electron chi connectivity index (χ0n) is 13.7. The first-order chi connectivity index (χ1) is 11.7. The summed E-state index contributed by atoms with van der Waals surface area (Å²) in [6.07, 6.45) is 4.02. The van der Waals surface area contributed by atoms with Crippen molar-refractivity contribution < 1.29 is 4.74 Å². The van der Waals surface area contributed by atoms with Crippen LogP contribution in [0.1, 0.15) is 19.8 Å². The smallest absolute Gasteiger partial charge is 0.161 e. The van der Waals surface area contributed by atoms with E-state index in [2.05, 4.69) is 44.2 Å². The van der Waals surface area contributed by atoms with Gasteiger partial charge in [0.15, 0.2) is 5.82 Å². The second-order valence-corrected chi connectivity index (χ2v) is 6.79. The molecule has 2 aromatic heterocycles. The molecule has 124 valence electrons. The Balaban J connectivity index is 1.71. The number of benzene rings is 1. The summed E-state index contributed by atoms with van der Waals surface area (Å²) in [6.45, 7) is 3.35. The third-order valence-corrected chi connectivity index (χ3v) is 5.14. The predicted octanol–water partition coefficient (Wildman–Crippen LogP) is 3.83. The molecule has 0 saturated carbocycles. The third-order valence-electron chi connectivity index (χ3n) is 4.41. The van der Waals surface area contributed by atoms with Crippen molar-refractivity contribution in [3.05, 3.63) is 30.0 Å². The molecule has 1 aliphatic heterocycles. The summed E-state index contributed by atoms with van der Waals surface area (Å²) < 4.78 is 5.49. The second kappa shape index (κ2) is 6.24. The number of hydrogen-bond donors (Lipinski definition) is 1. The number of fused-ring (bicyclic) bond motifs is 1. The van der Waals surface area contributed by atoms with Crippen molar-refractivity contribution in [2.75, 3.05) is 23.9 Å². The van der Waals surface area contributed by atoms with Crippen molar-refractivity contribution in [3.8, 4) is 5.75 Å². The second-order valence-electron chi connectivity index (χ2n) is 5.96. The Morgan fingerprint density at radius 1 is 1.25 bits per heavy atom. The summed E-state index contributed by atoms with van der Waals surface area (Å²) in [5.74, 6) is 1.55. The lowest BCUT2D eigenvalue weighted by Crippen LogP contribution is -2.26. The van der Waals surface area contributed by atoms with Crippen molar-refractivity contribution in [3.63, 3.8) is 0 Å². The van der Waals surface area contributed by atoms with Crippen LogP contribution in [0.4, 0.5) is 17.2 Å². The first-order valence-corrected chi connectivity index (χ1v) is 8.89. The van der Waals surface area contributed by atoms with Crippen LogP contribution in [0.15, 0.2) is 30.0 Å². The van der Waals surface area contributed by atoms with Crippen LogP contribution >= 0.6 is 11.3 Å². The summed E-state index contributed by atoms with van der Waals surface area (Å²) in [6, 6.07) is 6.76. The molecule has 3 aromatic rings. The zero-order valence-corrected chi connectivity index (χ0v) is 14.5. The van der Waals surface area contributed by atoms with Crippen LogP contribution in [-0.4, -0.2) is 34.6 Å². The fourth-order valence-corrected chi connectivity index (χ4v) is 3.81. The Hall–Kier alpha value is -2.41. The van der Waals surface area contributed by atoms with Gasteiger partial charge < -0.3 is 15.0 Å². The van der Waals surface area contributed by atoms with Gasteiger partial charge >= 0.3 is 0 Å². The molecule has 0 amide bonds.